The van der Waals surface area contributed by atoms with Crippen LogP contribution in [0.1, 0.15) is 24.8 Å². The van der Waals surface area contributed by atoms with Gasteiger partial charge in [-0.1, -0.05) is 39.7 Å². The number of carbonyl (C=O) groups excluding carboxylic acids is 1. The first-order valence-corrected chi connectivity index (χ1v) is 9.86. The lowest BCUT2D eigenvalue weighted by atomic mass is 9.72. The molecule has 7 heteroatoms. The fourth-order valence-corrected chi connectivity index (χ4v) is 3.98. The molecule has 1 aromatic heterocycles. The van der Waals surface area contributed by atoms with Crippen molar-refractivity contribution in [2.45, 2.75) is 31.3 Å². The van der Waals surface area contributed by atoms with Crippen LogP contribution in [0.25, 0.3) is 10.9 Å². The highest BCUT2D eigenvalue weighted by atomic mass is 79.9. The molecule has 1 N–H and O–H groups in total. The Balaban J connectivity index is 1.57. The van der Waals surface area contributed by atoms with Gasteiger partial charge in [-0.15, -0.1) is 0 Å². The van der Waals surface area contributed by atoms with Crippen molar-refractivity contribution in [1.29, 1.82) is 0 Å². The first-order valence-electron chi connectivity index (χ1n) is 8.69. The van der Waals surface area contributed by atoms with Gasteiger partial charge >= 0.3 is 0 Å². The molecule has 1 fully saturated rings. The lowest BCUT2D eigenvalue weighted by Gasteiger charge is -2.43. The average molecular weight is 447 g/mol. The zero-order valence-corrected chi connectivity index (χ0v) is 16.8. The number of hydrogen-bond donors (Lipinski definition) is 1. The van der Waals surface area contributed by atoms with Crippen LogP contribution < -0.4 is 10.9 Å². The fraction of sp³-hybridized carbons (Fsp3) is 0.250. The summed E-state index contributed by atoms with van der Waals surface area (Å²) in [6.07, 6.45) is 4.22. The maximum Gasteiger partial charge on any atom is 0.261 e. The molecule has 0 saturated heterocycles. The van der Waals surface area contributed by atoms with Crippen LogP contribution in [0, 0.1) is 0 Å². The van der Waals surface area contributed by atoms with Crippen molar-refractivity contribution >= 4 is 44.3 Å². The average Bonchev–Trinajstić information content (AvgIpc) is 2.62. The molecular formula is C20H17BrClN3O2. The molecule has 1 aliphatic carbocycles. The fourth-order valence-electron chi connectivity index (χ4n) is 3.49. The highest BCUT2D eigenvalue weighted by Crippen LogP contribution is 2.41. The Kier molecular flexibility index (Phi) is 4.78. The molecule has 0 unspecified atom stereocenters. The SMILES string of the molecule is O=C(Cn1cnc2ccc(Br)cc2c1=O)NC1(c2ccc(Cl)cc2)CCC1. The van der Waals surface area contributed by atoms with E-state index in [1.807, 2.05) is 30.3 Å². The Morgan fingerprint density at radius 2 is 1.96 bits per heavy atom. The highest BCUT2D eigenvalue weighted by Gasteiger charge is 2.39. The van der Waals surface area contributed by atoms with E-state index in [0.717, 1.165) is 29.3 Å². The summed E-state index contributed by atoms with van der Waals surface area (Å²) >= 11 is 9.34. The van der Waals surface area contributed by atoms with Gasteiger partial charge in [0.2, 0.25) is 5.91 Å². The number of benzene rings is 2. The van der Waals surface area contributed by atoms with Gasteiger partial charge < -0.3 is 5.32 Å². The van der Waals surface area contributed by atoms with Crippen LogP contribution in [0.15, 0.2) is 58.1 Å². The van der Waals surface area contributed by atoms with E-state index in [9.17, 15) is 9.59 Å². The number of nitrogens with one attached hydrogen (secondary N) is 1. The van der Waals surface area contributed by atoms with Crippen molar-refractivity contribution in [1.82, 2.24) is 14.9 Å². The second kappa shape index (κ2) is 7.09. The zero-order valence-electron chi connectivity index (χ0n) is 14.4. The number of hydrogen-bond acceptors (Lipinski definition) is 3. The maximum absolute atomic E-state index is 12.7. The molecule has 1 aliphatic rings. The van der Waals surface area contributed by atoms with Crippen molar-refractivity contribution in [3.63, 3.8) is 0 Å². The summed E-state index contributed by atoms with van der Waals surface area (Å²) in [5.41, 5.74) is 1.04. The zero-order chi connectivity index (χ0) is 19.0. The molecule has 5 nitrogen and oxygen atoms in total. The Labute approximate surface area is 169 Å². The normalized spacial score (nSPS) is 15.3. The van der Waals surface area contributed by atoms with Crippen LogP contribution >= 0.6 is 27.5 Å². The molecule has 0 spiro atoms. The predicted octanol–water partition coefficient (Wildman–Crippen LogP) is 4.01. The molecule has 1 saturated carbocycles. The molecule has 0 radical (unpaired) electrons. The molecule has 3 aromatic rings. The molecule has 0 atom stereocenters. The van der Waals surface area contributed by atoms with Gasteiger partial charge in [-0.25, -0.2) is 4.98 Å². The minimum atomic E-state index is -0.376. The number of nitrogens with zero attached hydrogens (tertiary/aromatic N) is 2. The Morgan fingerprint density at radius 1 is 1.22 bits per heavy atom. The highest BCUT2D eigenvalue weighted by molar-refractivity contribution is 9.10. The van der Waals surface area contributed by atoms with Crippen LogP contribution in [0.2, 0.25) is 5.02 Å². The molecular weight excluding hydrogens is 430 g/mol. The van der Waals surface area contributed by atoms with Crippen LogP contribution in [-0.4, -0.2) is 15.5 Å². The van der Waals surface area contributed by atoms with Gasteiger partial charge in [0.25, 0.3) is 5.56 Å². The standard InChI is InChI=1S/C20H17BrClN3O2/c21-14-4-7-17-16(10-14)19(27)25(12-23-17)11-18(26)24-20(8-1-9-20)13-2-5-15(22)6-3-13/h2-7,10,12H,1,8-9,11H2,(H,24,26). The molecule has 0 bridgehead atoms. The number of rotatable bonds is 4. The maximum atomic E-state index is 12.7. The van der Waals surface area contributed by atoms with Crippen molar-refractivity contribution in [2.75, 3.05) is 0 Å². The lowest BCUT2D eigenvalue weighted by Crippen LogP contribution is -2.52. The lowest BCUT2D eigenvalue weighted by molar-refractivity contribution is -0.125. The van der Waals surface area contributed by atoms with Crippen LogP contribution in [0.3, 0.4) is 0 Å². The largest absolute Gasteiger partial charge is 0.345 e. The van der Waals surface area contributed by atoms with Gasteiger partial charge in [0.15, 0.2) is 0 Å². The van der Waals surface area contributed by atoms with Crippen LogP contribution in [-0.2, 0) is 16.9 Å². The first kappa shape index (κ1) is 18.2. The monoisotopic (exact) mass is 445 g/mol. The van der Waals surface area contributed by atoms with E-state index in [1.54, 1.807) is 12.1 Å². The van der Waals surface area contributed by atoms with Crippen molar-refractivity contribution in [3.8, 4) is 0 Å². The summed E-state index contributed by atoms with van der Waals surface area (Å²) in [5, 5.41) is 4.27. The predicted molar refractivity (Wildman–Crippen MR) is 109 cm³/mol. The van der Waals surface area contributed by atoms with E-state index in [-0.39, 0.29) is 23.6 Å². The number of aromatic nitrogens is 2. The minimum Gasteiger partial charge on any atom is -0.345 e. The third kappa shape index (κ3) is 3.51. The Hall–Kier alpha value is -2.18. The van der Waals surface area contributed by atoms with Gasteiger partial charge in [-0.3, -0.25) is 14.2 Å². The molecule has 138 valence electrons. The molecule has 2 aromatic carbocycles. The van der Waals surface area contributed by atoms with E-state index in [1.165, 1.54) is 10.9 Å². The van der Waals surface area contributed by atoms with Crippen LogP contribution in [0.5, 0.6) is 0 Å². The summed E-state index contributed by atoms with van der Waals surface area (Å²) in [4.78, 5) is 29.6. The summed E-state index contributed by atoms with van der Waals surface area (Å²) in [5.74, 6) is -0.206. The van der Waals surface area contributed by atoms with E-state index in [2.05, 4.69) is 26.2 Å². The van der Waals surface area contributed by atoms with Gasteiger partial charge in [0.1, 0.15) is 6.54 Å². The molecule has 1 amide bonds. The number of carbonyl (C=O) groups is 1. The van der Waals surface area contributed by atoms with Crippen molar-refractivity contribution < 1.29 is 4.79 Å². The second-order valence-corrected chi connectivity index (χ2v) is 8.18. The van der Waals surface area contributed by atoms with Gasteiger partial charge in [0, 0.05) is 9.50 Å². The van der Waals surface area contributed by atoms with E-state index < -0.39 is 0 Å². The third-order valence-electron chi connectivity index (χ3n) is 5.08. The van der Waals surface area contributed by atoms with Crippen molar-refractivity contribution in [2.24, 2.45) is 0 Å². The quantitative estimate of drug-likeness (QED) is 0.659. The van der Waals surface area contributed by atoms with Gasteiger partial charge in [-0.05, 0) is 55.2 Å². The topological polar surface area (TPSA) is 64.0 Å². The van der Waals surface area contributed by atoms with Crippen LogP contribution in [0.4, 0.5) is 0 Å². The second-order valence-electron chi connectivity index (χ2n) is 6.83. The minimum absolute atomic E-state index is 0.0658. The Morgan fingerprint density at radius 3 is 2.63 bits per heavy atom. The van der Waals surface area contributed by atoms with Gasteiger partial charge in [0.05, 0.1) is 22.8 Å². The summed E-state index contributed by atoms with van der Waals surface area (Å²) in [7, 11) is 0. The summed E-state index contributed by atoms with van der Waals surface area (Å²) in [6.45, 7) is -0.0658. The first-order chi connectivity index (χ1) is 13.0. The molecule has 4 rings (SSSR count). The van der Waals surface area contributed by atoms with E-state index in [0.29, 0.717) is 15.9 Å². The summed E-state index contributed by atoms with van der Waals surface area (Å²) in [6, 6.07) is 12.9. The number of halogens is 2. The number of amides is 1. The number of fused-ring (bicyclic) bond motifs is 1. The van der Waals surface area contributed by atoms with Gasteiger partial charge in [-0.2, -0.15) is 0 Å². The van der Waals surface area contributed by atoms with Crippen molar-refractivity contribution in [3.05, 3.63) is 74.2 Å². The smallest absolute Gasteiger partial charge is 0.261 e. The third-order valence-corrected chi connectivity index (χ3v) is 5.83. The molecule has 1 heterocycles. The Bertz CT molecular complexity index is 1070. The van der Waals surface area contributed by atoms with E-state index >= 15 is 0 Å². The summed E-state index contributed by atoms with van der Waals surface area (Å²) < 4.78 is 2.14. The van der Waals surface area contributed by atoms with E-state index in [4.69, 9.17) is 11.6 Å². The molecule has 27 heavy (non-hydrogen) atoms. The molecule has 0 aliphatic heterocycles.